The normalized spacial score (nSPS) is 11.6. The van der Waals surface area contributed by atoms with Gasteiger partial charge in [0.25, 0.3) is 0 Å². The van der Waals surface area contributed by atoms with Crippen molar-refractivity contribution in [1.29, 1.82) is 0 Å². The highest BCUT2D eigenvalue weighted by atomic mass is 19.4. The van der Waals surface area contributed by atoms with Crippen LogP contribution in [0.15, 0.2) is 54.6 Å². The number of carbonyl (C=O) groups excluding carboxylic acids is 1. The Hall–Kier alpha value is -2.56. The predicted octanol–water partition coefficient (Wildman–Crippen LogP) is 4.56. The standard InChI is InChI=1S/C17H13F3O2/c1-22-16(21)11-4-12-2-5-13(6-3-12)14-7-9-15(10-8-14)17(18,19)20/h2-11H,1H3/b11-4-. The molecular weight excluding hydrogens is 293 g/mol. The van der Waals surface area contributed by atoms with Crippen LogP contribution in [0.5, 0.6) is 0 Å². The van der Waals surface area contributed by atoms with Gasteiger partial charge in [-0.05, 0) is 34.9 Å². The number of hydrogen-bond acceptors (Lipinski definition) is 2. The van der Waals surface area contributed by atoms with Crippen molar-refractivity contribution in [2.45, 2.75) is 6.18 Å². The Morgan fingerprint density at radius 2 is 1.45 bits per heavy atom. The third-order valence-corrected chi connectivity index (χ3v) is 3.07. The summed E-state index contributed by atoms with van der Waals surface area (Å²) in [6.45, 7) is 0. The number of esters is 1. The van der Waals surface area contributed by atoms with E-state index in [1.54, 1.807) is 30.3 Å². The summed E-state index contributed by atoms with van der Waals surface area (Å²) in [7, 11) is 1.29. The van der Waals surface area contributed by atoms with E-state index >= 15 is 0 Å². The highest BCUT2D eigenvalue weighted by Crippen LogP contribution is 2.31. The molecular formula is C17H13F3O2. The molecule has 0 amide bonds. The number of rotatable bonds is 3. The Labute approximate surface area is 125 Å². The molecule has 0 unspecified atom stereocenters. The van der Waals surface area contributed by atoms with E-state index in [4.69, 9.17) is 0 Å². The fraction of sp³-hybridized carbons (Fsp3) is 0.118. The summed E-state index contributed by atoms with van der Waals surface area (Å²) in [6.07, 6.45) is -1.43. The van der Waals surface area contributed by atoms with Gasteiger partial charge in [-0.15, -0.1) is 0 Å². The molecule has 0 radical (unpaired) electrons. The Morgan fingerprint density at radius 1 is 0.955 bits per heavy atom. The van der Waals surface area contributed by atoms with Gasteiger partial charge in [-0.2, -0.15) is 13.2 Å². The molecule has 22 heavy (non-hydrogen) atoms. The smallest absolute Gasteiger partial charge is 0.416 e. The molecule has 0 saturated carbocycles. The quantitative estimate of drug-likeness (QED) is 0.614. The number of ether oxygens (including phenoxy) is 1. The minimum absolute atomic E-state index is 0.452. The monoisotopic (exact) mass is 306 g/mol. The maximum atomic E-state index is 12.5. The lowest BCUT2D eigenvalue weighted by Gasteiger charge is -2.08. The Morgan fingerprint density at radius 3 is 1.91 bits per heavy atom. The van der Waals surface area contributed by atoms with Crippen LogP contribution in [0, 0.1) is 0 Å². The molecule has 2 rings (SSSR count). The Kier molecular flexibility index (Phi) is 4.65. The van der Waals surface area contributed by atoms with Crippen molar-refractivity contribution in [1.82, 2.24) is 0 Å². The van der Waals surface area contributed by atoms with E-state index in [1.807, 2.05) is 0 Å². The SMILES string of the molecule is COC(=O)/C=C\c1ccc(-c2ccc(C(F)(F)F)cc2)cc1. The van der Waals surface area contributed by atoms with Crippen LogP contribution >= 0.6 is 0 Å². The van der Waals surface area contributed by atoms with E-state index in [9.17, 15) is 18.0 Å². The molecule has 0 aliphatic carbocycles. The van der Waals surface area contributed by atoms with E-state index in [0.29, 0.717) is 5.56 Å². The van der Waals surface area contributed by atoms with Gasteiger partial charge >= 0.3 is 12.1 Å². The molecule has 2 aromatic rings. The Bertz CT molecular complexity index is 669. The third kappa shape index (κ3) is 3.97. The van der Waals surface area contributed by atoms with Crippen molar-refractivity contribution in [3.8, 4) is 11.1 Å². The average Bonchev–Trinajstić information content (AvgIpc) is 2.52. The first-order valence-corrected chi connectivity index (χ1v) is 6.44. The van der Waals surface area contributed by atoms with Crippen molar-refractivity contribution in [3.63, 3.8) is 0 Å². The number of benzene rings is 2. The lowest BCUT2D eigenvalue weighted by atomic mass is 10.0. The fourth-order valence-corrected chi connectivity index (χ4v) is 1.87. The molecule has 0 N–H and O–H groups in total. The molecule has 0 fully saturated rings. The summed E-state index contributed by atoms with van der Waals surface area (Å²) in [5, 5.41) is 0. The molecule has 5 heteroatoms. The van der Waals surface area contributed by atoms with Crippen molar-refractivity contribution >= 4 is 12.0 Å². The van der Waals surface area contributed by atoms with E-state index in [-0.39, 0.29) is 0 Å². The van der Waals surface area contributed by atoms with Gasteiger partial charge in [0, 0.05) is 6.08 Å². The maximum absolute atomic E-state index is 12.5. The molecule has 0 spiro atoms. The fourth-order valence-electron chi connectivity index (χ4n) is 1.87. The van der Waals surface area contributed by atoms with Gasteiger partial charge in [0.15, 0.2) is 0 Å². The highest BCUT2D eigenvalue weighted by Gasteiger charge is 2.29. The first-order chi connectivity index (χ1) is 10.4. The predicted molar refractivity (Wildman–Crippen MR) is 77.9 cm³/mol. The molecule has 114 valence electrons. The molecule has 0 aromatic heterocycles. The van der Waals surface area contributed by atoms with Gasteiger partial charge in [0.2, 0.25) is 0 Å². The largest absolute Gasteiger partial charge is 0.466 e. The van der Waals surface area contributed by atoms with E-state index in [2.05, 4.69) is 4.74 Å². The summed E-state index contributed by atoms with van der Waals surface area (Å²) < 4.78 is 42.0. The zero-order valence-corrected chi connectivity index (χ0v) is 11.7. The van der Waals surface area contributed by atoms with Crippen LogP contribution < -0.4 is 0 Å². The van der Waals surface area contributed by atoms with Crippen LogP contribution in [0.1, 0.15) is 11.1 Å². The molecule has 2 aromatic carbocycles. The molecule has 2 nitrogen and oxygen atoms in total. The van der Waals surface area contributed by atoms with Crippen molar-refractivity contribution in [2.24, 2.45) is 0 Å². The van der Waals surface area contributed by atoms with Gasteiger partial charge < -0.3 is 4.74 Å². The van der Waals surface area contributed by atoms with Crippen LogP contribution in [0.2, 0.25) is 0 Å². The van der Waals surface area contributed by atoms with E-state index in [1.165, 1.54) is 25.3 Å². The maximum Gasteiger partial charge on any atom is 0.416 e. The average molecular weight is 306 g/mol. The third-order valence-electron chi connectivity index (χ3n) is 3.07. The van der Waals surface area contributed by atoms with Crippen LogP contribution in [-0.4, -0.2) is 13.1 Å². The van der Waals surface area contributed by atoms with Gasteiger partial charge in [-0.25, -0.2) is 4.79 Å². The zero-order valence-electron chi connectivity index (χ0n) is 11.7. The molecule has 0 bridgehead atoms. The van der Waals surface area contributed by atoms with Crippen molar-refractivity contribution < 1.29 is 22.7 Å². The minimum Gasteiger partial charge on any atom is -0.466 e. The summed E-state index contributed by atoms with van der Waals surface area (Å²) in [5.74, 6) is -0.452. The summed E-state index contributed by atoms with van der Waals surface area (Å²) in [6, 6.07) is 12.1. The molecule has 0 atom stereocenters. The second-order valence-corrected chi connectivity index (χ2v) is 4.55. The summed E-state index contributed by atoms with van der Waals surface area (Å²) in [5.41, 5.74) is 1.61. The summed E-state index contributed by atoms with van der Waals surface area (Å²) >= 11 is 0. The van der Waals surface area contributed by atoms with Crippen LogP contribution in [0.3, 0.4) is 0 Å². The molecule has 0 aliphatic heterocycles. The van der Waals surface area contributed by atoms with Crippen molar-refractivity contribution in [3.05, 3.63) is 65.7 Å². The Balaban J connectivity index is 2.17. The molecule has 0 aliphatic rings. The van der Waals surface area contributed by atoms with E-state index < -0.39 is 17.7 Å². The second kappa shape index (κ2) is 6.47. The lowest BCUT2D eigenvalue weighted by Crippen LogP contribution is -2.03. The van der Waals surface area contributed by atoms with Gasteiger partial charge in [-0.3, -0.25) is 0 Å². The lowest BCUT2D eigenvalue weighted by molar-refractivity contribution is -0.137. The van der Waals surface area contributed by atoms with Crippen LogP contribution in [0.25, 0.3) is 17.2 Å². The van der Waals surface area contributed by atoms with Gasteiger partial charge in [0.1, 0.15) is 0 Å². The first kappa shape index (κ1) is 15.8. The first-order valence-electron chi connectivity index (χ1n) is 6.44. The van der Waals surface area contributed by atoms with Gasteiger partial charge in [0.05, 0.1) is 12.7 Å². The minimum atomic E-state index is -4.33. The highest BCUT2D eigenvalue weighted by molar-refractivity contribution is 5.87. The number of methoxy groups -OCH3 is 1. The molecule has 0 heterocycles. The van der Waals surface area contributed by atoms with E-state index in [0.717, 1.165) is 23.3 Å². The molecule has 0 saturated heterocycles. The number of carbonyl (C=O) groups is 1. The van der Waals surface area contributed by atoms with Crippen molar-refractivity contribution in [2.75, 3.05) is 7.11 Å². The second-order valence-electron chi connectivity index (χ2n) is 4.55. The number of halogens is 3. The summed E-state index contributed by atoms with van der Waals surface area (Å²) in [4.78, 5) is 11.0. The topological polar surface area (TPSA) is 26.3 Å². The number of hydrogen-bond donors (Lipinski definition) is 0. The zero-order chi connectivity index (χ0) is 16.2. The van der Waals surface area contributed by atoms with Gasteiger partial charge in [-0.1, -0.05) is 36.4 Å². The number of alkyl halides is 3. The van der Waals surface area contributed by atoms with Crippen LogP contribution in [0.4, 0.5) is 13.2 Å². The van der Waals surface area contributed by atoms with Crippen LogP contribution in [-0.2, 0) is 15.7 Å².